The lowest BCUT2D eigenvalue weighted by Gasteiger charge is -2.03. The molecule has 1 aromatic carbocycles. The Morgan fingerprint density at radius 3 is 2.29 bits per heavy atom. The van der Waals surface area contributed by atoms with Gasteiger partial charge in [0.2, 0.25) is 5.95 Å². The number of hydrogen-bond donors (Lipinski definition) is 1. The van der Waals surface area contributed by atoms with E-state index in [1.54, 1.807) is 0 Å². The van der Waals surface area contributed by atoms with E-state index in [0.29, 0.717) is 0 Å². The second-order valence-electron chi connectivity index (χ2n) is 3.30. The summed E-state index contributed by atoms with van der Waals surface area (Å²) >= 11 is 0. The summed E-state index contributed by atoms with van der Waals surface area (Å²) in [5, 5.41) is 0. The van der Waals surface area contributed by atoms with Gasteiger partial charge in [-0.2, -0.15) is 0 Å². The van der Waals surface area contributed by atoms with E-state index in [-0.39, 0.29) is 22.9 Å². The molecule has 1 heterocycles. The summed E-state index contributed by atoms with van der Waals surface area (Å²) in [5.74, 6) is 0.857. The van der Waals surface area contributed by atoms with Crippen molar-refractivity contribution in [1.29, 1.82) is 0 Å². The number of benzene rings is 1. The van der Waals surface area contributed by atoms with Crippen molar-refractivity contribution in [3.63, 3.8) is 0 Å². The molecular formula is C12H7F2N3. The molecule has 2 aromatic rings. The van der Waals surface area contributed by atoms with Gasteiger partial charge in [0, 0.05) is 11.6 Å². The Hall–Kier alpha value is -2.48. The average molecular weight is 231 g/mol. The lowest BCUT2D eigenvalue weighted by molar-refractivity contribution is 0.584. The minimum absolute atomic E-state index is 0.0416. The zero-order chi connectivity index (χ0) is 12.4. The van der Waals surface area contributed by atoms with Crippen LogP contribution in [0.2, 0.25) is 0 Å². The summed E-state index contributed by atoms with van der Waals surface area (Å²) in [4.78, 5) is 7.64. The van der Waals surface area contributed by atoms with Crippen LogP contribution in [0.3, 0.4) is 0 Å². The standard InChI is InChI=1S/C12H7F2N3/c1-2-10-6-11(17-12(15)16-10)7-3-8(13)5-9(14)4-7/h1,3-6H,(H2,15,16,17). The zero-order valence-corrected chi connectivity index (χ0v) is 8.61. The molecule has 1 aromatic heterocycles. The highest BCUT2D eigenvalue weighted by Crippen LogP contribution is 2.20. The van der Waals surface area contributed by atoms with Crippen LogP contribution in [-0.4, -0.2) is 9.97 Å². The van der Waals surface area contributed by atoms with Crippen LogP contribution in [0.25, 0.3) is 11.3 Å². The minimum Gasteiger partial charge on any atom is -0.368 e. The van der Waals surface area contributed by atoms with Crippen LogP contribution in [0.5, 0.6) is 0 Å². The third-order valence-corrected chi connectivity index (χ3v) is 2.05. The second kappa shape index (κ2) is 4.18. The first-order valence-electron chi connectivity index (χ1n) is 4.66. The number of aromatic nitrogens is 2. The van der Waals surface area contributed by atoms with Gasteiger partial charge in [0.05, 0.1) is 5.69 Å². The van der Waals surface area contributed by atoms with Crippen LogP contribution in [0.15, 0.2) is 24.3 Å². The van der Waals surface area contributed by atoms with E-state index in [4.69, 9.17) is 12.2 Å². The number of terminal acetylenes is 1. The molecule has 0 saturated heterocycles. The van der Waals surface area contributed by atoms with Gasteiger partial charge in [-0.05, 0) is 18.2 Å². The van der Waals surface area contributed by atoms with Crippen molar-refractivity contribution in [3.8, 4) is 23.6 Å². The summed E-state index contributed by atoms with van der Waals surface area (Å²) in [6, 6.07) is 4.50. The number of nitrogens with zero attached hydrogens (tertiary/aromatic N) is 2. The van der Waals surface area contributed by atoms with E-state index < -0.39 is 11.6 Å². The van der Waals surface area contributed by atoms with Gasteiger partial charge in [-0.1, -0.05) is 5.92 Å². The lowest BCUT2D eigenvalue weighted by atomic mass is 10.1. The molecular weight excluding hydrogens is 224 g/mol. The molecule has 0 unspecified atom stereocenters. The zero-order valence-electron chi connectivity index (χ0n) is 8.61. The molecule has 0 atom stereocenters. The molecule has 0 amide bonds. The van der Waals surface area contributed by atoms with E-state index in [1.807, 2.05) is 0 Å². The number of nitrogens with two attached hydrogens (primary N) is 1. The molecule has 0 radical (unpaired) electrons. The normalized spacial score (nSPS) is 9.94. The number of nitrogen functional groups attached to an aromatic ring is 1. The monoisotopic (exact) mass is 231 g/mol. The maximum absolute atomic E-state index is 13.0. The van der Waals surface area contributed by atoms with E-state index in [1.165, 1.54) is 6.07 Å². The topological polar surface area (TPSA) is 51.8 Å². The third-order valence-electron chi connectivity index (χ3n) is 2.05. The van der Waals surface area contributed by atoms with Gasteiger partial charge in [-0.25, -0.2) is 18.7 Å². The molecule has 0 aliphatic rings. The van der Waals surface area contributed by atoms with E-state index >= 15 is 0 Å². The number of halogens is 2. The fraction of sp³-hybridized carbons (Fsp3) is 0. The molecule has 0 spiro atoms. The largest absolute Gasteiger partial charge is 0.368 e. The fourth-order valence-corrected chi connectivity index (χ4v) is 1.39. The van der Waals surface area contributed by atoms with E-state index in [0.717, 1.165) is 18.2 Å². The highest BCUT2D eigenvalue weighted by atomic mass is 19.1. The van der Waals surface area contributed by atoms with Crippen molar-refractivity contribution in [3.05, 3.63) is 41.6 Å². The van der Waals surface area contributed by atoms with Crippen molar-refractivity contribution in [2.75, 3.05) is 5.73 Å². The molecule has 2 N–H and O–H groups in total. The summed E-state index contributed by atoms with van der Waals surface area (Å²) in [6.45, 7) is 0. The molecule has 0 aliphatic heterocycles. The lowest BCUT2D eigenvalue weighted by Crippen LogP contribution is -1.99. The molecule has 0 saturated carbocycles. The summed E-state index contributed by atoms with van der Waals surface area (Å²) in [7, 11) is 0. The van der Waals surface area contributed by atoms with Crippen molar-refractivity contribution in [2.24, 2.45) is 0 Å². The highest BCUT2D eigenvalue weighted by Gasteiger charge is 2.07. The minimum atomic E-state index is -0.695. The Morgan fingerprint density at radius 2 is 1.71 bits per heavy atom. The van der Waals surface area contributed by atoms with Crippen molar-refractivity contribution >= 4 is 5.95 Å². The maximum atomic E-state index is 13.0. The molecule has 3 nitrogen and oxygen atoms in total. The fourth-order valence-electron chi connectivity index (χ4n) is 1.39. The van der Waals surface area contributed by atoms with Gasteiger partial charge in [0.15, 0.2) is 0 Å². The predicted molar refractivity (Wildman–Crippen MR) is 59.7 cm³/mol. The Bertz CT molecular complexity index is 597. The number of rotatable bonds is 1. The van der Waals surface area contributed by atoms with Crippen LogP contribution in [0, 0.1) is 24.0 Å². The molecule has 17 heavy (non-hydrogen) atoms. The highest BCUT2D eigenvalue weighted by molar-refractivity contribution is 5.61. The molecule has 5 heteroatoms. The first kappa shape index (κ1) is 11.0. The Balaban J connectivity index is 2.60. The van der Waals surface area contributed by atoms with Crippen LogP contribution < -0.4 is 5.73 Å². The van der Waals surface area contributed by atoms with Crippen LogP contribution in [-0.2, 0) is 0 Å². The van der Waals surface area contributed by atoms with Gasteiger partial charge in [0.25, 0.3) is 0 Å². The Kier molecular flexibility index (Phi) is 2.71. The van der Waals surface area contributed by atoms with Gasteiger partial charge < -0.3 is 5.73 Å². The van der Waals surface area contributed by atoms with Crippen LogP contribution >= 0.6 is 0 Å². The Labute approximate surface area is 96.3 Å². The molecule has 0 fully saturated rings. The first-order chi connectivity index (χ1) is 8.08. The van der Waals surface area contributed by atoms with Crippen molar-refractivity contribution in [2.45, 2.75) is 0 Å². The van der Waals surface area contributed by atoms with Gasteiger partial charge >= 0.3 is 0 Å². The van der Waals surface area contributed by atoms with Crippen LogP contribution in [0.4, 0.5) is 14.7 Å². The van der Waals surface area contributed by atoms with Gasteiger partial charge in [0.1, 0.15) is 17.3 Å². The number of hydrogen-bond acceptors (Lipinski definition) is 3. The van der Waals surface area contributed by atoms with Crippen molar-refractivity contribution in [1.82, 2.24) is 9.97 Å². The molecule has 0 aliphatic carbocycles. The van der Waals surface area contributed by atoms with Crippen molar-refractivity contribution < 1.29 is 8.78 Å². The maximum Gasteiger partial charge on any atom is 0.221 e. The van der Waals surface area contributed by atoms with Gasteiger partial charge in [-0.15, -0.1) is 6.42 Å². The van der Waals surface area contributed by atoms with E-state index in [9.17, 15) is 8.78 Å². The summed E-state index contributed by atoms with van der Waals surface area (Å²) < 4.78 is 26.1. The quantitative estimate of drug-likeness (QED) is 0.763. The SMILES string of the molecule is C#Cc1cc(-c2cc(F)cc(F)c2)nc(N)n1. The molecule has 2 rings (SSSR count). The number of anilines is 1. The average Bonchev–Trinajstić information content (AvgIpc) is 2.26. The first-order valence-corrected chi connectivity index (χ1v) is 4.66. The summed E-state index contributed by atoms with van der Waals surface area (Å²) in [6.07, 6.45) is 5.18. The second-order valence-corrected chi connectivity index (χ2v) is 3.30. The molecule has 0 bridgehead atoms. The molecule has 84 valence electrons. The van der Waals surface area contributed by atoms with Gasteiger partial charge in [-0.3, -0.25) is 0 Å². The predicted octanol–water partition coefficient (Wildman–Crippen LogP) is 1.99. The van der Waals surface area contributed by atoms with E-state index in [2.05, 4.69) is 15.9 Å². The Morgan fingerprint density at radius 1 is 1.06 bits per heavy atom. The van der Waals surface area contributed by atoms with Crippen LogP contribution in [0.1, 0.15) is 5.69 Å². The summed E-state index contributed by atoms with van der Waals surface area (Å²) in [5.41, 5.74) is 6.24. The third kappa shape index (κ3) is 2.37. The smallest absolute Gasteiger partial charge is 0.221 e.